The second-order valence-electron chi connectivity index (χ2n) is 3.44. The van der Waals surface area contributed by atoms with Crippen LogP contribution in [0.3, 0.4) is 0 Å². The first kappa shape index (κ1) is 12.4. The number of nitrogens with one attached hydrogen (secondary N) is 1. The van der Waals surface area contributed by atoms with Crippen LogP contribution >= 0.6 is 23.2 Å². The molecule has 7 heteroatoms. The molecule has 0 aliphatic carbocycles. The summed E-state index contributed by atoms with van der Waals surface area (Å²) in [6, 6.07) is 3.02. The maximum Gasteiger partial charge on any atom is 0.193 e. The lowest BCUT2D eigenvalue weighted by Gasteiger charge is -2.15. The quantitative estimate of drug-likeness (QED) is 0.664. The van der Waals surface area contributed by atoms with E-state index in [4.69, 9.17) is 33.5 Å². The van der Waals surface area contributed by atoms with E-state index in [9.17, 15) is 0 Å². The predicted molar refractivity (Wildman–Crippen MR) is 65.8 cm³/mol. The van der Waals surface area contributed by atoms with E-state index in [2.05, 4.69) is 10.5 Å². The smallest absolute Gasteiger partial charge is 0.193 e. The maximum atomic E-state index is 6.10. The molecule has 0 saturated heterocycles. The van der Waals surface area contributed by atoms with Crippen molar-refractivity contribution >= 4 is 23.2 Å². The number of nitrogens with two attached hydrogens (primary N) is 1. The number of aromatic nitrogens is 2. The first-order valence-electron chi connectivity index (χ1n) is 5.10. The number of hydrazine groups is 1. The lowest BCUT2D eigenvalue weighted by Crippen LogP contribution is -2.30. The monoisotopic (exact) mass is 274 g/mol. The summed E-state index contributed by atoms with van der Waals surface area (Å²) in [5, 5.41) is 4.98. The van der Waals surface area contributed by atoms with Crippen molar-refractivity contribution in [3.8, 4) is 0 Å². The number of aryl methyl sites for hydroxylation is 1. The first-order valence-corrected chi connectivity index (χ1v) is 5.85. The second-order valence-corrected chi connectivity index (χ2v) is 4.21. The molecular weight excluding hydrogens is 263 g/mol. The summed E-state index contributed by atoms with van der Waals surface area (Å²) in [7, 11) is 0. The van der Waals surface area contributed by atoms with E-state index < -0.39 is 0 Å². The molecule has 0 spiro atoms. The molecule has 0 saturated carbocycles. The Kier molecular flexibility index (Phi) is 3.73. The molecule has 0 amide bonds. The van der Waals surface area contributed by atoms with Crippen LogP contribution in [-0.4, -0.2) is 9.78 Å². The Bertz CT molecular complexity index is 508. The van der Waals surface area contributed by atoms with Crippen molar-refractivity contribution in [3.63, 3.8) is 0 Å². The van der Waals surface area contributed by atoms with Gasteiger partial charge in [-0.3, -0.25) is 10.5 Å². The van der Waals surface area contributed by atoms with Gasteiger partial charge in [-0.1, -0.05) is 11.6 Å². The Labute approximate surface area is 108 Å². The number of rotatable bonds is 4. The highest BCUT2D eigenvalue weighted by atomic mass is 35.5. The van der Waals surface area contributed by atoms with Gasteiger partial charge < -0.3 is 4.42 Å². The third kappa shape index (κ3) is 2.32. The zero-order chi connectivity index (χ0) is 12.4. The predicted octanol–water partition coefficient (Wildman–Crippen LogP) is 2.36. The zero-order valence-corrected chi connectivity index (χ0v) is 10.7. The second kappa shape index (κ2) is 5.10. The standard InChI is InChI=1S/C10H12Cl2N4O/c1-2-16-10(6(11)5-14-16)9(15-13)7-3-4-8(12)17-7/h3-5,9,15H,2,13H2,1H3. The van der Waals surface area contributed by atoms with E-state index in [1.807, 2.05) is 6.92 Å². The normalized spacial score (nSPS) is 12.9. The van der Waals surface area contributed by atoms with Gasteiger partial charge in [0.15, 0.2) is 5.22 Å². The van der Waals surface area contributed by atoms with E-state index in [-0.39, 0.29) is 6.04 Å². The third-order valence-corrected chi connectivity index (χ3v) is 2.95. The van der Waals surface area contributed by atoms with Crippen molar-refractivity contribution in [1.29, 1.82) is 0 Å². The van der Waals surface area contributed by atoms with Gasteiger partial charge in [0.2, 0.25) is 0 Å². The Morgan fingerprint density at radius 2 is 2.29 bits per heavy atom. The van der Waals surface area contributed by atoms with E-state index >= 15 is 0 Å². The number of nitrogens with zero attached hydrogens (tertiary/aromatic N) is 2. The summed E-state index contributed by atoms with van der Waals surface area (Å²) in [4.78, 5) is 0. The van der Waals surface area contributed by atoms with Crippen LogP contribution < -0.4 is 11.3 Å². The molecule has 2 aromatic rings. The first-order chi connectivity index (χ1) is 8.17. The van der Waals surface area contributed by atoms with Crippen molar-refractivity contribution in [2.24, 2.45) is 5.84 Å². The molecule has 0 aromatic carbocycles. The van der Waals surface area contributed by atoms with E-state index in [1.165, 1.54) is 0 Å². The molecule has 3 N–H and O–H groups in total. The van der Waals surface area contributed by atoms with Crippen molar-refractivity contribution in [3.05, 3.63) is 40.0 Å². The SMILES string of the molecule is CCn1ncc(Cl)c1C(NN)c1ccc(Cl)o1. The summed E-state index contributed by atoms with van der Waals surface area (Å²) >= 11 is 11.8. The molecule has 1 atom stereocenters. The zero-order valence-electron chi connectivity index (χ0n) is 9.15. The van der Waals surface area contributed by atoms with E-state index in [1.54, 1.807) is 23.0 Å². The molecule has 0 fully saturated rings. The van der Waals surface area contributed by atoms with Gasteiger partial charge >= 0.3 is 0 Å². The maximum absolute atomic E-state index is 6.10. The topological polar surface area (TPSA) is 69.0 Å². The van der Waals surface area contributed by atoms with Crippen molar-refractivity contribution in [2.45, 2.75) is 19.5 Å². The Morgan fingerprint density at radius 1 is 1.53 bits per heavy atom. The Balaban J connectivity index is 2.44. The van der Waals surface area contributed by atoms with Gasteiger partial charge in [0.1, 0.15) is 11.8 Å². The molecule has 92 valence electrons. The average Bonchev–Trinajstić information content (AvgIpc) is 2.89. The highest BCUT2D eigenvalue weighted by molar-refractivity contribution is 6.31. The molecular formula is C10H12Cl2N4O. The van der Waals surface area contributed by atoms with E-state index in [0.717, 1.165) is 5.69 Å². The molecule has 0 bridgehead atoms. The Morgan fingerprint density at radius 3 is 2.82 bits per heavy atom. The number of halogens is 2. The summed E-state index contributed by atoms with van der Waals surface area (Å²) in [6.45, 7) is 2.66. The molecule has 2 rings (SSSR count). The van der Waals surface area contributed by atoms with Gasteiger partial charge in [-0.05, 0) is 30.7 Å². The van der Waals surface area contributed by atoms with E-state index in [0.29, 0.717) is 22.5 Å². The van der Waals surface area contributed by atoms with Gasteiger partial charge in [0.05, 0.1) is 16.9 Å². The van der Waals surface area contributed by atoms with Crippen molar-refractivity contribution in [1.82, 2.24) is 15.2 Å². The third-order valence-electron chi connectivity index (χ3n) is 2.45. The Hall–Kier alpha value is -1.01. The van der Waals surface area contributed by atoms with Crippen LogP contribution in [0.2, 0.25) is 10.2 Å². The molecule has 1 unspecified atom stereocenters. The summed E-state index contributed by atoms with van der Waals surface area (Å²) < 4.78 is 7.09. The minimum absolute atomic E-state index is 0.305. The largest absolute Gasteiger partial charge is 0.448 e. The van der Waals surface area contributed by atoms with Gasteiger partial charge in [-0.2, -0.15) is 5.10 Å². The fraction of sp³-hybridized carbons (Fsp3) is 0.300. The van der Waals surface area contributed by atoms with Gasteiger partial charge in [0.25, 0.3) is 0 Å². The summed E-state index contributed by atoms with van der Waals surface area (Å²) in [5.41, 5.74) is 3.40. The van der Waals surface area contributed by atoms with Gasteiger partial charge in [-0.25, -0.2) is 5.43 Å². The molecule has 17 heavy (non-hydrogen) atoms. The number of furan rings is 1. The van der Waals surface area contributed by atoms with Crippen LogP contribution in [0.25, 0.3) is 0 Å². The molecule has 0 aliphatic rings. The average molecular weight is 275 g/mol. The molecule has 2 heterocycles. The van der Waals surface area contributed by atoms with Gasteiger partial charge in [0, 0.05) is 6.54 Å². The van der Waals surface area contributed by atoms with Crippen LogP contribution in [-0.2, 0) is 6.54 Å². The summed E-state index contributed by atoms with van der Waals surface area (Å²) in [6.07, 6.45) is 1.58. The number of hydrogen-bond donors (Lipinski definition) is 2. The molecule has 0 aliphatic heterocycles. The van der Waals surface area contributed by atoms with Crippen LogP contribution in [0.5, 0.6) is 0 Å². The minimum Gasteiger partial charge on any atom is -0.448 e. The lowest BCUT2D eigenvalue weighted by atomic mass is 10.1. The van der Waals surface area contributed by atoms with Crippen LogP contribution in [0.4, 0.5) is 0 Å². The van der Waals surface area contributed by atoms with Crippen molar-refractivity contribution < 1.29 is 4.42 Å². The van der Waals surface area contributed by atoms with Crippen LogP contribution in [0.1, 0.15) is 24.4 Å². The van der Waals surface area contributed by atoms with Crippen LogP contribution in [0, 0.1) is 0 Å². The summed E-state index contributed by atoms with van der Waals surface area (Å²) in [5.74, 6) is 6.14. The van der Waals surface area contributed by atoms with Crippen LogP contribution in [0.15, 0.2) is 22.7 Å². The minimum atomic E-state index is -0.377. The molecule has 5 nitrogen and oxygen atoms in total. The molecule has 0 radical (unpaired) electrons. The highest BCUT2D eigenvalue weighted by Gasteiger charge is 2.23. The highest BCUT2D eigenvalue weighted by Crippen LogP contribution is 2.29. The number of hydrogen-bond acceptors (Lipinski definition) is 4. The fourth-order valence-electron chi connectivity index (χ4n) is 1.69. The fourth-order valence-corrected chi connectivity index (χ4v) is 2.09. The molecule has 2 aromatic heterocycles. The lowest BCUT2D eigenvalue weighted by molar-refractivity contribution is 0.433. The van der Waals surface area contributed by atoms with Gasteiger partial charge in [-0.15, -0.1) is 0 Å². The van der Waals surface area contributed by atoms with Crippen molar-refractivity contribution in [2.75, 3.05) is 0 Å².